The molecule has 0 unspecified atom stereocenters. The molecule has 192 valence electrons. The highest BCUT2D eigenvalue weighted by Gasteiger charge is 2.08. The highest BCUT2D eigenvalue weighted by molar-refractivity contribution is 7.14. The minimum atomic E-state index is -0.245. The monoisotopic (exact) mass is 508 g/mol. The van der Waals surface area contributed by atoms with Gasteiger partial charge in [-0.2, -0.15) is 0 Å². The van der Waals surface area contributed by atoms with Gasteiger partial charge in [-0.15, -0.1) is 11.3 Å². The average Bonchev–Trinajstić information content (AvgIpc) is 3.36. The van der Waals surface area contributed by atoms with E-state index >= 15 is 0 Å². The first kappa shape index (κ1) is 27.3. The molecule has 0 saturated heterocycles. The van der Waals surface area contributed by atoms with E-state index in [4.69, 9.17) is 14.2 Å². The Kier molecular flexibility index (Phi) is 11.3. The molecule has 1 heterocycles. The van der Waals surface area contributed by atoms with Gasteiger partial charge in [0.1, 0.15) is 5.75 Å². The molecule has 6 nitrogen and oxygen atoms in total. The van der Waals surface area contributed by atoms with Gasteiger partial charge in [0, 0.05) is 17.0 Å². The first-order valence-corrected chi connectivity index (χ1v) is 13.5. The third kappa shape index (κ3) is 8.72. The Morgan fingerprint density at radius 3 is 2.47 bits per heavy atom. The highest BCUT2D eigenvalue weighted by Crippen LogP contribution is 2.29. The summed E-state index contributed by atoms with van der Waals surface area (Å²) < 4.78 is 17.0. The predicted molar refractivity (Wildman–Crippen MR) is 148 cm³/mol. The summed E-state index contributed by atoms with van der Waals surface area (Å²) in [5.41, 5.74) is 2.64. The van der Waals surface area contributed by atoms with Crippen LogP contribution >= 0.6 is 11.3 Å². The first-order valence-electron chi connectivity index (χ1n) is 12.6. The van der Waals surface area contributed by atoms with Crippen LogP contribution < -0.4 is 19.5 Å². The molecule has 0 spiro atoms. The Morgan fingerprint density at radius 2 is 1.72 bits per heavy atom. The van der Waals surface area contributed by atoms with Crippen molar-refractivity contribution in [3.05, 3.63) is 59.5 Å². The molecule has 0 atom stereocenters. The van der Waals surface area contributed by atoms with E-state index in [0.29, 0.717) is 23.2 Å². The zero-order valence-corrected chi connectivity index (χ0v) is 22.2. The molecule has 3 aromatic rings. The molecule has 7 heteroatoms. The number of carbonyl (C=O) groups is 1. The molecule has 1 N–H and O–H groups in total. The third-order valence-corrected chi connectivity index (χ3v) is 6.28. The molecule has 0 bridgehead atoms. The van der Waals surface area contributed by atoms with Crippen molar-refractivity contribution >= 4 is 28.5 Å². The number of unbranched alkanes of at least 4 members (excludes halogenated alkanes) is 4. The van der Waals surface area contributed by atoms with Crippen molar-refractivity contribution in [3.63, 3.8) is 0 Å². The smallest absolute Gasteiger partial charge is 0.250 e. The number of thiazole rings is 1. The quantitative estimate of drug-likeness (QED) is 0.169. The van der Waals surface area contributed by atoms with Gasteiger partial charge in [0.25, 0.3) is 0 Å². The van der Waals surface area contributed by atoms with Crippen LogP contribution in [0.15, 0.2) is 53.9 Å². The van der Waals surface area contributed by atoms with E-state index in [-0.39, 0.29) is 5.91 Å². The van der Waals surface area contributed by atoms with E-state index in [0.717, 1.165) is 54.9 Å². The van der Waals surface area contributed by atoms with Gasteiger partial charge in [-0.3, -0.25) is 10.1 Å². The molecular weight excluding hydrogens is 472 g/mol. The second-order valence-electron chi connectivity index (χ2n) is 8.41. The molecule has 1 amide bonds. The summed E-state index contributed by atoms with van der Waals surface area (Å²) in [5.74, 6) is 1.97. The lowest BCUT2D eigenvalue weighted by Crippen LogP contribution is -2.07. The molecule has 2 aromatic carbocycles. The van der Waals surface area contributed by atoms with E-state index in [1.54, 1.807) is 13.2 Å². The number of amides is 1. The van der Waals surface area contributed by atoms with Crippen molar-refractivity contribution in [2.75, 3.05) is 25.6 Å². The SMILES string of the molecule is CCCCCCOc1ccc(/C=C/C(=O)Nc2nc(-c3ccc(OCCCC)cc3)cs2)cc1OC. The van der Waals surface area contributed by atoms with Crippen molar-refractivity contribution < 1.29 is 19.0 Å². The summed E-state index contributed by atoms with van der Waals surface area (Å²) in [5, 5.41) is 5.31. The zero-order valence-electron chi connectivity index (χ0n) is 21.4. The van der Waals surface area contributed by atoms with E-state index in [9.17, 15) is 4.79 Å². The third-order valence-electron chi connectivity index (χ3n) is 5.52. The van der Waals surface area contributed by atoms with Gasteiger partial charge < -0.3 is 14.2 Å². The molecular formula is C29H36N2O4S. The summed E-state index contributed by atoms with van der Waals surface area (Å²) in [6, 6.07) is 13.5. The number of aromatic nitrogens is 1. The second-order valence-corrected chi connectivity index (χ2v) is 9.26. The molecule has 0 saturated carbocycles. The Morgan fingerprint density at radius 1 is 0.944 bits per heavy atom. The molecule has 36 heavy (non-hydrogen) atoms. The van der Waals surface area contributed by atoms with Crippen LogP contribution in [0.4, 0.5) is 5.13 Å². The number of benzene rings is 2. The number of rotatable bonds is 15. The minimum Gasteiger partial charge on any atom is -0.494 e. The van der Waals surface area contributed by atoms with E-state index < -0.39 is 0 Å². The van der Waals surface area contributed by atoms with Crippen LogP contribution in [0.3, 0.4) is 0 Å². The second kappa shape index (κ2) is 14.9. The van der Waals surface area contributed by atoms with Crippen molar-refractivity contribution in [2.24, 2.45) is 0 Å². The number of nitrogens with zero attached hydrogens (tertiary/aromatic N) is 1. The Labute approximate surface area is 218 Å². The number of hydrogen-bond acceptors (Lipinski definition) is 6. The van der Waals surface area contributed by atoms with Crippen LogP contribution in [0.1, 0.15) is 57.9 Å². The van der Waals surface area contributed by atoms with Crippen LogP contribution in [0.5, 0.6) is 17.2 Å². The Hall–Kier alpha value is -3.32. The lowest BCUT2D eigenvalue weighted by atomic mass is 10.2. The molecule has 0 fully saturated rings. The van der Waals surface area contributed by atoms with Gasteiger partial charge in [0.05, 0.1) is 26.0 Å². The summed E-state index contributed by atoms with van der Waals surface area (Å²) in [6.07, 6.45) is 9.98. The molecule has 0 aliphatic rings. The van der Waals surface area contributed by atoms with Crippen LogP contribution in [0.2, 0.25) is 0 Å². The molecule has 1 aromatic heterocycles. The number of carbonyl (C=O) groups excluding carboxylic acids is 1. The predicted octanol–water partition coefficient (Wildman–Crippen LogP) is 7.61. The van der Waals surface area contributed by atoms with Crippen LogP contribution in [-0.4, -0.2) is 31.2 Å². The number of ether oxygens (including phenoxy) is 3. The topological polar surface area (TPSA) is 69.7 Å². The highest BCUT2D eigenvalue weighted by atomic mass is 32.1. The lowest BCUT2D eigenvalue weighted by molar-refractivity contribution is -0.111. The fourth-order valence-electron chi connectivity index (χ4n) is 3.46. The maximum atomic E-state index is 12.4. The normalized spacial score (nSPS) is 11.0. The molecule has 0 aliphatic carbocycles. The summed E-state index contributed by atoms with van der Waals surface area (Å²) >= 11 is 1.39. The Balaban J connectivity index is 1.53. The fourth-order valence-corrected chi connectivity index (χ4v) is 4.18. The van der Waals surface area contributed by atoms with E-state index in [1.165, 1.54) is 30.3 Å². The minimum absolute atomic E-state index is 0.245. The van der Waals surface area contributed by atoms with Crippen LogP contribution in [-0.2, 0) is 4.79 Å². The first-order chi connectivity index (χ1) is 17.6. The molecule has 0 radical (unpaired) electrons. The number of nitrogens with one attached hydrogen (secondary N) is 1. The number of hydrogen-bond donors (Lipinski definition) is 1. The largest absolute Gasteiger partial charge is 0.494 e. The zero-order chi connectivity index (χ0) is 25.6. The van der Waals surface area contributed by atoms with Gasteiger partial charge in [0.15, 0.2) is 16.6 Å². The van der Waals surface area contributed by atoms with Crippen LogP contribution in [0.25, 0.3) is 17.3 Å². The van der Waals surface area contributed by atoms with Gasteiger partial charge in [0.2, 0.25) is 5.91 Å². The number of anilines is 1. The maximum Gasteiger partial charge on any atom is 0.250 e. The van der Waals surface area contributed by atoms with Crippen molar-refractivity contribution in [3.8, 4) is 28.5 Å². The van der Waals surface area contributed by atoms with Gasteiger partial charge in [-0.25, -0.2) is 4.98 Å². The van der Waals surface area contributed by atoms with E-state index in [1.807, 2.05) is 47.8 Å². The fraction of sp³-hybridized carbons (Fsp3) is 0.379. The molecule has 0 aliphatic heterocycles. The van der Waals surface area contributed by atoms with Gasteiger partial charge in [-0.1, -0.05) is 45.6 Å². The van der Waals surface area contributed by atoms with E-state index in [2.05, 4.69) is 24.1 Å². The van der Waals surface area contributed by atoms with Crippen molar-refractivity contribution in [1.82, 2.24) is 4.98 Å². The van der Waals surface area contributed by atoms with Crippen molar-refractivity contribution in [1.29, 1.82) is 0 Å². The summed E-state index contributed by atoms with van der Waals surface area (Å²) in [6.45, 7) is 5.72. The maximum absolute atomic E-state index is 12.4. The number of methoxy groups -OCH3 is 1. The lowest BCUT2D eigenvalue weighted by Gasteiger charge is -2.11. The van der Waals surface area contributed by atoms with Crippen LogP contribution in [0, 0.1) is 0 Å². The standard InChI is InChI=1S/C29H36N2O4S/c1-4-6-8-9-19-35-26-16-10-22(20-27(26)33-3)11-17-28(32)31-29-30-25(21-36-29)23-12-14-24(15-13-23)34-18-7-5-2/h10-17,20-21H,4-9,18-19H2,1-3H3,(H,30,31,32)/b17-11+. The summed E-state index contributed by atoms with van der Waals surface area (Å²) in [4.78, 5) is 17.0. The Bertz CT molecular complexity index is 1110. The summed E-state index contributed by atoms with van der Waals surface area (Å²) in [7, 11) is 1.62. The van der Waals surface area contributed by atoms with Gasteiger partial charge >= 0.3 is 0 Å². The van der Waals surface area contributed by atoms with Gasteiger partial charge in [-0.05, 0) is 60.9 Å². The van der Waals surface area contributed by atoms with Crippen molar-refractivity contribution in [2.45, 2.75) is 52.4 Å². The average molecular weight is 509 g/mol. The molecule has 3 rings (SSSR count).